The number of nitrogens with one attached hydrogen (secondary N) is 1. The minimum Gasteiger partial charge on any atom is -0.361 e. The van der Waals surface area contributed by atoms with Gasteiger partial charge in [0.05, 0.1) is 15.9 Å². The van der Waals surface area contributed by atoms with Crippen LogP contribution in [0.15, 0.2) is 16.7 Å². The number of anilines is 1. The average Bonchev–Trinajstić information content (AvgIpc) is 3.02. The van der Waals surface area contributed by atoms with Crippen molar-refractivity contribution in [2.45, 2.75) is 34.1 Å². The Morgan fingerprint density at radius 2 is 2.00 bits per heavy atom. The SMILES string of the molecule is CCc1noc(C)c1C(=O)Nc1nc2cc(C)c(C)cc2s1. The van der Waals surface area contributed by atoms with Crippen molar-refractivity contribution in [3.63, 3.8) is 0 Å². The highest BCUT2D eigenvalue weighted by atomic mass is 32.1. The van der Waals surface area contributed by atoms with Gasteiger partial charge in [-0.2, -0.15) is 0 Å². The van der Waals surface area contributed by atoms with Gasteiger partial charge < -0.3 is 4.52 Å². The Labute approximate surface area is 132 Å². The van der Waals surface area contributed by atoms with Gasteiger partial charge in [0.2, 0.25) is 0 Å². The molecule has 0 fully saturated rings. The molecule has 0 unspecified atom stereocenters. The predicted molar refractivity (Wildman–Crippen MR) is 87.7 cm³/mol. The fourth-order valence-electron chi connectivity index (χ4n) is 2.34. The van der Waals surface area contributed by atoms with Crippen molar-refractivity contribution < 1.29 is 9.32 Å². The van der Waals surface area contributed by atoms with E-state index in [0.29, 0.717) is 28.6 Å². The van der Waals surface area contributed by atoms with Gasteiger partial charge in [0.1, 0.15) is 11.3 Å². The smallest absolute Gasteiger partial charge is 0.262 e. The van der Waals surface area contributed by atoms with Crippen molar-refractivity contribution >= 4 is 32.6 Å². The number of aromatic nitrogens is 2. The highest BCUT2D eigenvalue weighted by Gasteiger charge is 2.20. The number of fused-ring (bicyclic) bond motifs is 1. The summed E-state index contributed by atoms with van der Waals surface area (Å²) in [6.07, 6.45) is 0.651. The molecule has 114 valence electrons. The molecule has 1 N–H and O–H groups in total. The fourth-order valence-corrected chi connectivity index (χ4v) is 3.28. The number of aryl methyl sites for hydroxylation is 4. The molecule has 1 amide bonds. The molecule has 1 aromatic carbocycles. The van der Waals surface area contributed by atoms with Crippen LogP contribution in [0.25, 0.3) is 10.2 Å². The maximum atomic E-state index is 12.4. The van der Waals surface area contributed by atoms with E-state index >= 15 is 0 Å². The van der Waals surface area contributed by atoms with E-state index < -0.39 is 0 Å². The summed E-state index contributed by atoms with van der Waals surface area (Å²) in [5, 5.41) is 7.36. The number of rotatable bonds is 3. The molecule has 6 heteroatoms. The van der Waals surface area contributed by atoms with Gasteiger partial charge in [-0.05, 0) is 50.5 Å². The molecular formula is C16H17N3O2S. The summed E-state index contributed by atoms with van der Waals surface area (Å²) in [6, 6.07) is 4.14. The van der Waals surface area contributed by atoms with Crippen LogP contribution < -0.4 is 5.32 Å². The zero-order chi connectivity index (χ0) is 15.9. The van der Waals surface area contributed by atoms with Crippen LogP contribution in [-0.4, -0.2) is 16.0 Å². The zero-order valence-electron chi connectivity index (χ0n) is 13.0. The Morgan fingerprint density at radius 3 is 2.73 bits per heavy atom. The van der Waals surface area contributed by atoms with Crippen LogP contribution in [0.5, 0.6) is 0 Å². The second-order valence-corrected chi connectivity index (χ2v) is 6.32. The molecule has 2 aromatic heterocycles. The molecule has 0 spiro atoms. The number of nitrogens with zero attached hydrogens (tertiary/aromatic N) is 2. The molecule has 0 aliphatic heterocycles. The van der Waals surface area contributed by atoms with Gasteiger partial charge in [-0.25, -0.2) is 4.98 Å². The summed E-state index contributed by atoms with van der Waals surface area (Å²) in [5.41, 5.74) is 4.49. The van der Waals surface area contributed by atoms with Crippen LogP contribution in [0.1, 0.15) is 39.9 Å². The first kappa shape index (κ1) is 14.7. The lowest BCUT2D eigenvalue weighted by Gasteiger charge is -2.00. The molecule has 0 saturated heterocycles. The normalized spacial score (nSPS) is 11.1. The van der Waals surface area contributed by atoms with Crippen LogP contribution in [-0.2, 0) is 6.42 Å². The molecule has 5 nitrogen and oxygen atoms in total. The van der Waals surface area contributed by atoms with Crippen molar-refractivity contribution in [1.29, 1.82) is 0 Å². The van der Waals surface area contributed by atoms with E-state index in [4.69, 9.17) is 4.52 Å². The Balaban J connectivity index is 1.92. The Hall–Kier alpha value is -2.21. The predicted octanol–water partition coefficient (Wildman–Crippen LogP) is 4.02. The molecule has 2 heterocycles. The lowest BCUT2D eigenvalue weighted by atomic mass is 10.1. The van der Waals surface area contributed by atoms with Crippen LogP contribution >= 0.6 is 11.3 Å². The van der Waals surface area contributed by atoms with E-state index in [0.717, 1.165) is 10.2 Å². The van der Waals surface area contributed by atoms with Crippen LogP contribution in [0.4, 0.5) is 5.13 Å². The highest BCUT2D eigenvalue weighted by Crippen LogP contribution is 2.29. The number of hydrogen-bond acceptors (Lipinski definition) is 5. The third-order valence-corrected chi connectivity index (χ3v) is 4.65. The molecular weight excluding hydrogens is 298 g/mol. The van der Waals surface area contributed by atoms with Crippen molar-refractivity contribution in [1.82, 2.24) is 10.1 Å². The number of carbonyl (C=O) groups is 1. The summed E-state index contributed by atoms with van der Waals surface area (Å²) < 4.78 is 6.17. The van der Waals surface area contributed by atoms with Crippen molar-refractivity contribution in [2.75, 3.05) is 5.32 Å². The van der Waals surface area contributed by atoms with Crippen LogP contribution in [0.3, 0.4) is 0 Å². The van der Waals surface area contributed by atoms with Gasteiger partial charge in [-0.15, -0.1) is 0 Å². The fraction of sp³-hybridized carbons (Fsp3) is 0.312. The second kappa shape index (κ2) is 5.53. The number of thiazole rings is 1. The van der Waals surface area contributed by atoms with Crippen LogP contribution in [0.2, 0.25) is 0 Å². The summed E-state index contributed by atoms with van der Waals surface area (Å²) in [6.45, 7) is 7.81. The average molecular weight is 315 g/mol. The van der Waals surface area contributed by atoms with Crippen LogP contribution in [0, 0.1) is 20.8 Å². The summed E-state index contributed by atoms with van der Waals surface area (Å²) >= 11 is 1.47. The molecule has 22 heavy (non-hydrogen) atoms. The summed E-state index contributed by atoms with van der Waals surface area (Å²) in [7, 11) is 0. The van der Waals surface area contributed by atoms with Crippen molar-refractivity contribution in [3.8, 4) is 0 Å². The van der Waals surface area contributed by atoms with E-state index in [1.807, 2.05) is 13.0 Å². The molecule has 0 aliphatic carbocycles. The third-order valence-electron chi connectivity index (χ3n) is 3.72. The van der Waals surface area contributed by atoms with Crippen molar-refractivity contribution in [3.05, 3.63) is 40.3 Å². The number of amides is 1. The maximum absolute atomic E-state index is 12.4. The lowest BCUT2D eigenvalue weighted by molar-refractivity contribution is 0.102. The van der Waals surface area contributed by atoms with E-state index in [2.05, 4.69) is 35.4 Å². The molecule has 0 saturated carbocycles. The quantitative estimate of drug-likeness (QED) is 0.792. The largest absolute Gasteiger partial charge is 0.361 e. The van der Waals surface area contributed by atoms with E-state index in [9.17, 15) is 4.79 Å². The molecule has 0 bridgehead atoms. The van der Waals surface area contributed by atoms with E-state index in [1.165, 1.54) is 22.5 Å². The van der Waals surface area contributed by atoms with Gasteiger partial charge in [0, 0.05) is 0 Å². The van der Waals surface area contributed by atoms with Gasteiger partial charge in [0.15, 0.2) is 5.13 Å². The molecule has 3 aromatic rings. The first-order valence-corrected chi connectivity index (χ1v) is 7.95. The van der Waals surface area contributed by atoms with Crippen molar-refractivity contribution in [2.24, 2.45) is 0 Å². The Bertz CT molecular complexity index is 825. The summed E-state index contributed by atoms with van der Waals surface area (Å²) in [4.78, 5) is 16.9. The van der Waals surface area contributed by atoms with Gasteiger partial charge in [0.25, 0.3) is 5.91 Å². The van der Waals surface area contributed by atoms with Gasteiger partial charge in [-0.3, -0.25) is 10.1 Å². The third kappa shape index (κ3) is 2.50. The molecule has 0 atom stereocenters. The minimum atomic E-state index is -0.219. The first-order valence-electron chi connectivity index (χ1n) is 7.14. The van der Waals surface area contributed by atoms with E-state index in [-0.39, 0.29) is 5.91 Å². The lowest BCUT2D eigenvalue weighted by Crippen LogP contribution is -2.14. The molecule has 0 aliphatic rings. The monoisotopic (exact) mass is 315 g/mol. The van der Waals surface area contributed by atoms with Gasteiger partial charge in [-0.1, -0.05) is 23.4 Å². The highest BCUT2D eigenvalue weighted by molar-refractivity contribution is 7.22. The standard InChI is InChI=1S/C16H17N3O2S/c1-5-11-14(10(4)21-19-11)15(20)18-16-17-12-6-8(2)9(3)7-13(12)22-16/h6-7H,5H2,1-4H3,(H,17,18,20). The number of hydrogen-bond donors (Lipinski definition) is 1. The van der Waals surface area contributed by atoms with E-state index in [1.54, 1.807) is 6.92 Å². The molecule has 0 radical (unpaired) electrons. The Morgan fingerprint density at radius 1 is 1.27 bits per heavy atom. The maximum Gasteiger partial charge on any atom is 0.262 e. The second-order valence-electron chi connectivity index (χ2n) is 5.29. The zero-order valence-corrected chi connectivity index (χ0v) is 13.8. The number of carbonyl (C=O) groups excluding carboxylic acids is 1. The first-order chi connectivity index (χ1) is 10.5. The number of benzene rings is 1. The molecule has 3 rings (SSSR count). The summed E-state index contributed by atoms with van der Waals surface area (Å²) in [5.74, 6) is 0.310. The Kier molecular flexibility index (Phi) is 3.70. The van der Waals surface area contributed by atoms with Gasteiger partial charge >= 0.3 is 0 Å². The minimum absolute atomic E-state index is 0.219. The topological polar surface area (TPSA) is 68.0 Å².